The lowest BCUT2D eigenvalue weighted by atomic mass is 10.1. The van der Waals surface area contributed by atoms with Crippen LogP contribution in [0.4, 0.5) is 5.69 Å². The van der Waals surface area contributed by atoms with E-state index in [-0.39, 0.29) is 17.5 Å². The van der Waals surface area contributed by atoms with Crippen molar-refractivity contribution in [1.82, 2.24) is 10.7 Å². The summed E-state index contributed by atoms with van der Waals surface area (Å²) in [6.07, 6.45) is 2.99. The summed E-state index contributed by atoms with van der Waals surface area (Å²) in [5, 5.41) is 9.20. The number of nitrogens with zero attached hydrogens (tertiary/aromatic N) is 1. The molecule has 31 heavy (non-hydrogen) atoms. The van der Waals surface area contributed by atoms with Crippen molar-refractivity contribution in [3.8, 4) is 5.75 Å². The van der Waals surface area contributed by atoms with Gasteiger partial charge in [0, 0.05) is 12.2 Å². The number of aryl methyl sites for hydroxylation is 1. The number of halogens is 1. The molecule has 2 aromatic rings. The Morgan fingerprint density at radius 3 is 2.45 bits per heavy atom. The molecule has 8 nitrogen and oxygen atoms in total. The standard InChI is InChI=1S/C22H25ClN4O4/c1-3-11-24-21(29)22(30)27-25-13-16-7-10-19(18(23)12-16)31-14-20(28)26-17-8-5-15(4-2)6-9-17/h5-10,12-13H,3-4,11,14H2,1-2H3,(H,24,29)(H,26,28)(H,27,30)/b25-13-. The molecule has 0 atom stereocenters. The van der Waals surface area contributed by atoms with E-state index in [9.17, 15) is 14.4 Å². The Labute approximate surface area is 186 Å². The van der Waals surface area contributed by atoms with E-state index >= 15 is 0 Å². The summed E-state index contributed by atoms with van der Waals surface area (Å²) in [6, 6.07) is 12.4. The molecular weight excluding hydrogens is 420 g/mol. The summed E-state index contributed by atoms with van der Waals surface area (Å²) in [5.74, 6) is -1.58. The predicted octanol–water partition coefficient (Wildman–Crippen LogP) is 2.90. The Balaban J connectivity index is 1.83. The van der Waals surface area contributed by atoms with Crippen LogP contribution in [0.2, 0.25) is 5.02 Å². The fourth-order valence-corrected chi connectivity index (χ4v) is 2.66. The average Bonchev–Trinajstić information content (AvgIpc) is 2.77. The third-order valence-electron chi connectivity index (χ3n) is 4.08. The number of hydrazone groups is 1. The number of carbonyl (C=O) groups is 3. The maximum Gasteiger partial charge on any atom is 0.329 e. The van der Waals surface area contributed by atoms with Crippen LogP contribution in [0, 0.1) is 0 Å². The van der Waals surface area contributed by atoms with E-state index in [0.717, 1.165) is 12.8 Å². The lowest BCUT2D eigenvalue weighted by Gasteiger charge is -2.09. The van der Waals surface area contributed by atoms with Crippen LogP contribution >= 0.6 is 11.6 Å². The Bertz CT molecular complexity index is 945. The van der Waals surface area contributed by atoms with Crippen molar-refractivity contribution in [3.63, 3.8) is 0 Å². The first kappa shape index (κ1) is 23.9. The molecule has 3 amide bonds. The molecule has 2 aromatic carbocycles. The predicted molar refractivity (Wildman–Crippen MR) is 120 cm³/mol. The molecule has 0 radical (unpaired) electrons. The highest BCUT2D eigenvalue weighted by Gasteiger charge is 2.11. The van der Waals surface area contributed by atoms with Gasteiger partial charge in [-0.3, -0.25) is 14.4 Å². The van der Waals surface area contributed by atoms with E-state index < -0.39 is 11.8 Å². The maximum absolute atomic E-state index is 12.1. The van der Waals surface area contributed by atoms with Gasteiger partial charge in [0.2, 0.25) is 0 Å². The number of amides is 3. The van der Waals surface area contributed by atoms with Gasteiger partial charge in [0.25, 0.3) is 5.91 Å². The van der Waals surface area contributed by atoms with E-state index in [1.54, 1.807) is 18.2 Å². The van der Waals surface area contributed by atoms with Crippen LogP contribution in [0.25, 0.3) is 0 Å². The fourth-order valence-electron chi connectivity index (χ4n) is 2.41. The Morgan fingerprint density at radius 1 is 1.06 bits per heavy atom. The molecule has 0 aliphatic rings. The third kappa shape index (κ3) is 8.10. The van der Waals surface area contributed by atoms with Crippen molar-refractivity contribution >= 4 is 41.2 Å². The minimum Gasteiger partial charge on any atom is -0.482 e. The Morgan fingerprint density at radius 2 is 1.81 bits per heavy atom. The first-order chi connectivity index (χ1) is 14.9. The molecule has 0 fully saturated rings. The SMILES string of the molecule is CCCNC(=O)C(=O)N/N=C\c1ccc(OCC(=O)Nc2ccc(CC)cc2)c(Cl)c1. The number of ether oxygens (including phenoxy) is 1. The van der Waals surface area contributed by atoms with Crippen molar-refractivity contribution in [2.45, 2.75) is 26.7 Å². The lowest BCUT2D eigenvalue weighted by molar-refractivity contribution is -0.139. The van der Waals surface area contributed by atoms with Gasteiger partial charge >= 0.3 is 11.8 Å². The highest BCUT2D eigenvalue weighted by Crippen LogP contribution is 2.25. The van der Waals surface area contributed by atoms with Gasteiger partial charge in [0.1, 0.15) is 5.75 Å². The summed E-state index contributed by atoms with van der Waals surface area (Å²) in [7, 11) is 0. The molecule has 2 rings (SSSR count). The van der Waals surface area contributed by atoms with Crippen LogP contribution in [-0.2, 0) is 20.8 Å². The highest BCUT2D eigenvalue weighted by molar-refractivity contribution is 6.35. The number of benzene rings is 2. The van der Waals surface area contributed by atoms with Crippen molar-refractivity contribution in [2.75, 3.05) is 18.5 Å². The molecule has 0 saturated carbocycles. The van der Waals surface area contributed by atoms with Gasteiger partial charge in [-0.25, -0.2) is 5.43 Å². The second-order valence-corrected chi connectivity index (χ2v) is 6.94. The second kappa shape index (κ2) is 12.3. The molecule has 0 heterocycles. The van der Waals surface area contributed by atoms with E-state index in [2.05, 4.69) is 28.1 Å². The topological polar surface area (TPSA) is 109 Å². The molecule has 0 unspecified atom stereocenters. The zero-order chi connectivity index (χ0) is 22.6. The number of nitrogens with one attached hydrogen (secondary N) is 3. The quantitative estimate of drug-likeness (QED) is 0.314. The number of anilines is 1. The summed E-state index contributed by atoms with van der Waals surface area (Å²) in [4.78, 5) is 35.1. The number of rotatable bonds is 9. The molecule has 0 spiro atoms. The Kier molecular flexibility index (Phi) is 9.51. The van der Waals surface area contributed by atoms with Crippen molar-refractivity contribution in [1.29, 1.82) is 0 Å². The van der Waals surface area contributed by atoms with Gasteiger partial charge < -0.3 is 15.4 Å². The van der Waals surface area contributed by atoms with Crippen molar-refractivity contribution in [2.24, 2.45) is 5.10 Å². The normalized spacial score (nSPS) is 10.5. The third-order valence-corrected chi connectivity index (χ3v) is 4.38. The van der Waals surface area contributed by atoms with E-state index in [4.69, 9.17) is 16.3 Å². The molecular formula is C22H25ClN4O4. The van der Waals surface area contributed by atoms with Gasteiger partial charge in [0.05, 0.1) is 11.2 Å². The lowest BCUT2D eigenvalue weighted by Crippen LogP contribution is -2.38. The first-order valence-corrected chi connectivity index (χ1v) is 10.2. The van der Waals surface area contributed by atoms with E-state index in [1.165, 1.54) is 11.8 Å². The van der Waals surface area contributed by atoms with Crippen LogP contribution < -0.4 is 20.8 Å². The minimum atomic E-state index is -0.855. The summed E-state index contributed by atoms with van der Waals surface area (Å²) < 4.78 is 5.47. The van der Waals surface area contributed by atoms with E-state index in [1.807, 2.05) is 31.2 Å². The summed E-state index contributed by atoms with van der Waals surface area (Å²) in [5.41, 5.74) is 4.58. The summed E-state index contributed by atoms with van der Waals surface area (Å²) in [6.45, 7) is 4.15. The summed E-state index contributed by atoms with van der Waals surface area (Å²) >= 11 is 6.19. The van der Waals surface area contributed by atoms with Gasteiger partial charge in [-0.1, -0.05) is 37.6 Å². The van der Waals surface area contributed by atoms with E-state index in [0.29, 0.717) is 23.5 Å². The van der Waals surface area contributed by atoms with Crippen LogP contribution in [0.15, 0.2) is 47.6 Å². The molecule has 0 aromatic heterocycles. The molecule has 0 aliphatic carbocycles. The van der Waals surface area contributed by atoms with Crippen LogP contribution in [0.1, 0.15) is 31.4 Å². The smallest absolute Gasteiger partial charge is 0.329 e. The first-order valence-electron chi connectivity index (χ1n) is 9.85. The Hall–Kier alpha value is -3.39. The van der Waals surface area contributed by atoms with Gasteiger partial charge in [-0.05, 0) is 54.3 Å². The number of carbonyl (C=O) groups excluding carboxylic acids is 3. The largest absolute Gasteiger partial charge is 0.482 e. The molecule has 0 saturated heterocycles. The molecule has 0 aliphatic heterocycles. The van der Waals surface area contributed by atoms with Crippen LogP contribution in [0.5, 0.6) is 5.75 Å². The molecule has 0 bridgehead atoms. The zero-order valence-electron chi connectivity index (χ0n) is 17.4. The second-order valence-electron chi connectivity index (χ2n) is 6.53. The average molecular weight is 445 g/mol. The van der Waals surface area contributed by atoms with Crippen molar-refractivity contribution in [3.05, 3.63) is 58.6 Å². The number of hydrogen-bond donors (Lipinski definition) is 3. The van der Waals surface area contributed by atoms with Crippen molar-refractivity contribution < 1.29 is 19.1 Å². The molecule has 3 N–H and O–H groups in total. The number of hydrogen-bond acceptors (Lipinski definition) is 5. The fraction of sp³-hybridized carbons (Fsp3) is 0.273. The maximum atomic E-state index is 12.1. The highest BCUT2D eigenvalue weighted by atomic mass is 35.5. The monoisotopic (exact) mass is 444 g/mol. The van der Waals surface area contributed by atoms with Gasteiger partial charge in [-0.2, -0.15) is 5.10 Å². The zero-order valence-corrected chi connectivity index (χ0v) is 18.2. The van der Waals surface area contributed by atoms with Crippen LogP contribution in [0.3, 0.4) is 0 Å². The molecule has 164 valence electrons. The van der Waals surface area contributed by atoms with Crippen LogP contribution in [-0.4, -0.2) is 37.1 Å². The minimum absolute atomic E-state index is 0.203. The van der Waals surface area contributed by atoms with Gasteiger partial charge in [0.15, 0.2) is 6.61 Å². The van der Waals surface area contributed by atoms with Gasteiger partial charge in [-0.15, -0.1) is 0 Å². The molecule has 9 heteroatoms.